The van der Waals surface area contributed by atoms with Gasteiger partial charge in [0.25, 0.3) is 0 Å². The van der Waals surface area contributed by atoms with Gasteiger partial charge in [-0.3, -0.25) is 4.79 Å². The van der Waals surface area contributed by atoms with Crippen LogP contribution in [0.4, 0.5) is 10.1 Å². The van der Waals surface area contributed by atoms with Crippen molar-refractivity contribution < 1.29 is 14.3 Å². The SMILES string of the molecule is CC(=CC(=O)Nc1ccc(CCO)cc1)c1ccc(F)cc1. The van der Waals surface area contributed by atoms with Crippen LogP contribution >= 0.6 is 0 Å². The Bertz CT molecular complexity index is 660. The van der Waals surface area contributed by atoms with E-state index in [9.17, 15) is 9.18 Å². The average Bonchev–Trinajstić information content (AvgIpc) is 2.50. The molecule has 22 heavy (non-hydrogen) atoms. The second-order valence-electron chi connectivity index (χ2n) is 4.99. The molecule has 0 spiro atoms. The number of hydrogen-bond acceptors (Lipinski definition) is 2. The summed E-state index contributed by atoms with van der Waals surface area (Å²) in [4.78, 5) is 12.0. The summed E-state index contributed by atoms with van der Waals surface area (Å²) in [5.74, 6) is -0.541. The van der Waals surface area contributed by atoms with Crippen molar-refractivity contribution >= 4 is 17.2 Å². The van der Waals surface area contributed by atoms with Crippen molar-refractivity contribution in [2.24, 2.45) is 0 Å². The van der Waals surface area contributed by atoms with Crippen LogP contribution in [0.3, 0.4) is 0 Å². The Kier molecular flexibility index (Phi) is 5.44. The van der Waals surface area contributed by atoms with Crippen LogP contribution in [0.5, 0.6) is 0 Å². The minimum Gasteiger partial charge on any atom is -0.396 e. The van der Waals surface area contributed by atoms with Gasteiger partial charge in [0.05, 0.1) is 0 Å². The third-order valence-corrected chi connectivity index (χ3v) is 3.27. The standard InChI is InChI=1S/C18H18FNO2/c1-13(15-4-6-16(19)7-5-15)12-18(22)20-17-8-2-14(3-9-17)10-11-21/h2-9,12,21H,10-11H2,1H3,(H,20,22). The number of aliphatic hydroxyl groups excluding tert-OH is 1. The average molecular weight is 299 g/mol. The van der Waals surface area contributed by atoms with E-state index >= 15 is 0 Å². The van der Waals surface area contributed by atoms with Crippen molar-refractivity contribution in [3.05, 3.63) is 71.6 Å². The molecule has 0 aromatic heterocycles. The maximum Gasteiger partial charge on any atom is 0.248 e. The van der Waals surface area contributed by atoms with E-state index in [1.807, 2.05) is 12.1 Å². The van der Waals surface area contributed by atoms with Gasteiger partial charge in [-0.15, -0.1) is 0 Å². The van der Waals surface area contributed by atoms with E-state index in [1.165, 1.54) is 18.2 Å². The predicted molar refractivity (Wildman–Crippen MR) is 85.9 cm³/mol. The third-order valence-electron chi connectivity index (χ3n) is 3.27. The van der Waals surface area contributed by atoms with Gasteiger partial charge >= 0.3 is 0 Å². The van der Waals surface area contributed by atoms with Crippen molar-refractivity contribution in [3.8, 4) is 0 Å². The first kappa shape index (κ1) is 15.9. The molecule has 4 heteroatoms. The Balaban J connectivity index is 2.02. The molecule has 2 rings (SSSR count). The Hall–Kier alpha value is -2.46. The van der Waals surface area contributed by atoms with Crippen LogP contribution in [0.1, 0.15) is 18.1 Å². The number of hydrogen-bond donors (Lipinski definition) is 2. The van der Waals surface area contributed by atoms with Gasteiger partial charge in [-0.1, -0.05) is 24.3 Å². The molecule has 0 radical (unpaired) electrons. The molecule has 3 nitrogen and oxygen atoms in total. The van der Waals surface area contributed by atoms with Crippen molar-refractivity contribution in [3.63, 3.8) is 0 Å². The highest BCUT2D eigenvalue weighted by molar-refractivity contribution is 6.03. The van der Waals surface area contributed by atoms with Gasteiger partial charge in [0.15, 0.2) is 0 Å². The summed E-state index contributed by atoms with van der Waals surface area (Å²) in [6.45, 7) is 1.91. The molecule has 0 aliphatic carbocycles. The number of nitrogens with one attached hydrogen (secondary N) is 1. The largest absolute Gasteiger partial charge is 0.396 e. The molecule has 2 aromatic rings. The first-order chi connectivity index (χ1) is 10.6. The summed E-state index contributed by atoms with van der Waals surface area (Å²) >= 11 is 0. The summed E-state index contributed by atoms with van der Waals surface area (Å²) in [7, 11) is 0. The van der Waals surface area contributed by atoms with E-state index < -0.39 is 0 Å². The second kappa shape index (κ2) is 7.52. The lowest BCUT2D eigenvalue weighted by molar-refractivity contribution is -0.111. The second-order valence-corrected chi connectivity index (χ2v) is 4.99. The van der Waals surface area contributed by atoms with E-state index in [2.05, 4.69) is 5.32 Å². The molecule has 0 fully saturated rings. The number of carbonyl (C=O) groups is 1. The number of anilines is 1. The molecule has 2 N–H and O–H groups in total. The molecule has 114 valence electrons. The Morgan fingerprint density at radius 1 is 1.14 bits per heavy atom. The molecule has 0 aliphatic heterocycles. The predicted octanol–water partition coefficient (Wildman–Crippen LogP) is 3.40. The van der Waals surface area contributed by atoms with Gasteiger partial charge in [0, 0.05) is 18.4 Å². The topological polar surface area (TPSA) is 49.3 Å². The normalized spacial score (nSPS) is 11.3. The molecule has 1 amide bonds. The lowest BCUT2D eigenvalue weighted by Gasteiger charge is -2.05. The highest BCUT2D eigenvalue weighted by Gasteiger charge is 2.02. The van der Waals surface area contributed by atoms with Gasteiger partial charge in [-0.25, -0.2) is 4.39 Å². The first-order valence-electron chi connectivity index (χ1n) is 7.03. The number of allylic oxidation sites excluding steroid dienone is 1. The van der Waals surface area contributed by atoms with E-state index in [-0.39, 0.29) is 18.3 Å². The minimum absolute atomic E-state index is 0.102. The number of benzene rings is 2. The molecule has 0 saturated carbocycles. The summed E-state index contributed by atoms with van der Waals surface area (Å²) in [6, 6.07) is 13.3. The lowest BCUT2D eigenvalue weighted by Crippen LogP contribution is -2.08. The number of amides is 1. The maximum atomic E-state index is 12.9. The van der Waals surface area contributed by atoms with Crippen molar-refractivity contribution in [2.75, 3.05) is 11.9 Å². The lowest BCUT2D eigenvalue weighted by atomic mass is 10.1. The fourth-order valence-electron chi connectivity index (χ4n) is 2.05. The summed E-state index contributed by atoms with van der Waals surface area (Å²) < 4.78 is 12.9. The fourth-order valence-corrected chi connectivity index (χ4v) is 2.05. The molecule has 0 aliphatic rings. The molecule has 0 unspecified atom stereocenters. The Morgan fingerprint density at radius 2 is 1.77 bits per heavy atom. The van der Waals surface area contributed by atoms with Crippen LogP contribution in [0.2, 0.25) is 0 Å². The van der Waals surface area contributed by atoms with Gasteiger partial charge < -0.3 is 10.4 Å². The molecular formula is C18H18FNO2. The molecule has 0 atom stereocenters. The minimum atomic E-state index is -0.302. The first-order valence-corrected chi connectivity index (χ1v) is 7.03. The Labute approximate surface area is 129 Å². The Morgan fingerprint density at radius 3 is 2.36 bits per heavy atom. The molecule has 0 heterocycles. The van der Waals surface area contributed by atoms with Crippen LogP contribution in [-0.4, -0.2) is 17.6 Å². The number of halogens is 1. The zero-order valence-electron chi connectivity index (χ0n) is 12.3. The van der Waals surface area contributed by atoms with Crippen LogP contribution in [0.25, 0.3) is 5.57 Å². The fraction of sp³-hybridized carbons (Fsp3) is 0.167. The summed E-state index contributed by atoms with van der Waals surface area (Å²) in [6.07, 6.45) is 2.08. The molecule has 2 aromatic carbocycles. The van der Waals surface area contributed by atoms with Crippen LogP contribution in [-0.2, 0) is 11.2 Å². The maximum absolute atomic E-state index is 12.9. The van der Waals surface area contributed by atoms with Gasteiger partial charge in [-0.2, -0.15) is 0 Å². The van der Waals surface area contributed by atoms with E-state index in [0.29, 0.717) is 12.1 Å². The van der Waals surface area contributed by atoms with E-state index in [1.54, 1.807) is 31.2 Å². The summed E-state index contributed by atoms with van der Waals surface area (Å²) in [5.41, 5.74) is 3.26. The zero-order chi connectivity index (χ0) is 15.9. The van der Waals surface area contributed by atoms with E-state index in [0.717, 1.165) is 16.7 Å². The van der Waals surface area contributed by atoms with Crippen molar-refractivity contribution in [1.82, 2.24) is 0 Å². The molecule has 0 saturated heterocycles. The molecule has 0 bridgehead atoms. The van der Waals surface area contributed by atoms with Crippen molar-refractivity contribution in [1.29, 1.82) is 0 Å². The molecular weight excluding hydrogens is 281 g/mol. The van der Waals surface area contributed by atoms with Gasteiger partial charge in [0.1, 0.15) is 5.82 Å². The smallest absolute Gasteiger partial charge is 0.248 e. The number of carbonyl (C=O) groups excluding carboxylic acids is 1. The van der Waals surface area contributed by atoms with Crippen LogP contribution in [0, 0.1) is 5.82 Å². The quantitative estimate of drug-likeness (QED) is 0.831. The highest BCUT2D eigenvalue weighted by Crippen LogP contribution is 2.15. The summed E-state index contributed by atoms with van der Waals surface area (Å²) in [5, 5.41) is 11.6. The number of aliphatic hydroxyl groups is 1. The van der Waals surface area contributed by atoms with Crippen molar-refractivity contribution in [2.45, 2.75) is 13.3 Å². The zero-order valence-corrected chi connectivity index (χ0v) is 12.3. The van der Waals surface area contributed by atoms with Crippen LogP contribution in [0.15, 0.2) is 54.6 Å². The van der Waals surface area contributed by atoms with Crippen LogP contribution < -0.4 is 5.32 Å². The monoisotopic (exact) mass is 299 g/mol. The van der Waals surface area contributed by atoms with E-state index in [4.69, 9.17) is 5.11 Å². The highest BCUT2D eigenvalue weighted by atomic mass is 19.1. The number of rotatable bonds is 5. The third kappa shape index (κ3) is 4.53. The van der Waals surface area contributed by atoms with Gasteiger partial charge in [0.2, 0.25) is 5.91 Å². The van der Waals surface area contributed by atoms with Gasteiger partial charge in [-0.05, 0) is 54.3 Å².